The molecule has 0 aliphatic carbocycles. The molecule has 0 amide bonds. The summed E-state index contributed by atoms with van der Waals surface area (Å²) < 4.78 is 34.8. The molecule has 1 aliphatic heterocycles. The fourth-order valence-electron chi connectivity index (χ4n) is 4.32. The molecule has 1 unspecified atom stereocenters. The average molecular weight is 616 g/mol. The Morgan fingerprint density at radius 1 is 1.10 bits per heavy atom. The predicted molar refractivity (Wildman–Crippen MR) is 144 cm³/mol. The Morgan fingerprint density at radius 3 is 2.52 bits per heavy atom. The molecule has 0 radical (unpaired) electrons. The highest BCUT2D eigenvalue weighted by Gasteiger charge is 2.50. The molecular formula is C27H26BrN3O9. The molecule has 40 heavy (non-hydrogen) atoms. The highest BCUT2D eigenvalue weighted by molar-refractivity contribution is 9.10. The lowest BCUT2D eigenvalue weighted by Gasteiger charge is -2.43. The van der Waals surface area contributed by atoms with E-state index in [2.05, 4.69) is 26.0 Å². The lowest BCUT2D eigenvalue weighted by Crippen LogP contribution is -2.61. The van der Waals surface area contributed by atoms with Gasteiger partial charge < -0.3 is 28.1 Å². The molecule has 13 heteroatoms. The van der Waals surface area contributed by atoms with E-state index in [0.29, 0.717) is 15.4 Å². The number of fused-ring (bicyclic) bond motifs is 1. The van der Waals surface area contributed by atoms with Gasteiger partial charge in [-0.2, -0.15) is 0 Å². The third kappa shape index (κ3) is 6.80. The van der Waals surface area contributed by atoms with Crippen LogP contribution in [0.5, 0.6) is 5.75 Å². The Labute approximate surface area is 236 Å². The molecule has 0 saturated carbocycles. The smallest absolute Gasteiger partial charge is 0.350 e. The number of carbonyl (C=O) groups is 2. The molecule has 0 bridgehead atoms. The van der Waals surface area contributed by atoms with Crippen molar-refractivity contribution in [2.75, 3.05) is 6.61 Å². The second-order valence-corrected chi connectivity index (χ2v) is 9.77. The van der Waals surface area contributed by atoms with Crippen LogP contribution in [0.15, 0.2) is 67.3 Å². The number of hydrogen-bond donors (Lipinski definition) is 0. The Balaban J connectivity index is 1.69. The SMILES string of the molecule is CC(=O)OC[C@H]1OC(Oc2ccc3c(C)c(Br)c(=O)oc3c2)[C@H](N=[N+]=[N-])[C@@H](OC(C)=O)[C@@H]1OCc1ccccc1. The second-order valence-electron chi connectivity index (χ2n) is 8.98. The lowest BCUT2D eigenvalue weighted by molar-refractivity contribution is -0.258. The van der Waals surface area contributed by atoms with Gasteiger partial charge in [0.05, 0.1) is 6.61 Å². The van der Waals surface area contributed by atoms with Crippen LogP contribution in [0.2, 0.25) is 0 Å². The number of azide groups is 1. The summed E-state index contributed by atoms with van der Waals surface area (Å²) in [4.78, 5) is 38.8. The van der Waals surface area contributed by atoms with Gasteiger partial charge in [0, 0.05) is 30.2 Å². The summed E-state index contributed by atoms with van der Waals surface area (Å²) in [6.07, 6.45) is -4.41. The third-order valence-electron chi connectivity index (χ3n) is 6.16. The minimum Gasteiger partial charge on any atom is -0.464 e. The zero-order chi connectivity index (χ0) is 28.8. The van der Waals surface area contributed by atoms with Crippen LogP contribution in [0.4, 0.5) is 0 Å². The maximum atomic E-state index is 12.2. The minimum atomic E-state index is -1.29. The first-order valence-corrected chi connectivity index (χ1v) is 13.0. The molecule has 5 atom stereocenters. The van der Waals surface area contributed by atoms with Crippen molar-refractivity contribution in [3.63, 3.8) is 0 Å². The Hall–Kier alpha value is -3.90. The van der Waals surface area contributed by atoms with Crippen LogP contribution in [-0.2, 0) is 35.1 Å². The van der Waals surface area contributed by atoms with E-state index in [9.17, 15) is 19.9 Å². The topological polar surface area (TPSA) is 159 Å². The Bertz CT molecular complexity index is 1490. The van der Waals surface area contributed by atoms with Gasteiger partial charge in [0.2, 0.25) is 6.29 Å². The van der Waals surface area contributed by atoms with Gasteiger partial charge in [-0.3, -0.25) is 9.59 Å². The van der Waals surface area contributed by atoms with Crippen molar-refractivity contribution >= 4 is 38.8 Å². The standard InChI is InChI=1S/C27H26BrN3O9/c1-14-19-10-9-18(11-20(19)39-26(34)22(14)28)38-27-23(30-31-29)25(37-16(3)33)24(21(40-27)13-35-15(2)32)36-12-17-7-5-4-6-8-17/h4-11,21,23-25,27H,12-13H2,1-3H3/t21-,23-,24-,25-,27?/m1/s1. The highest BCUT2D eigenvalue weighted by Crippen LogP contribution is 2.33. The van der Waals surface area contributed by atoms with E-state index >= 15 is 0 Å². The summed E-state index contributed by atoms with van der Waals surface area (Å²) in [7, 11) is 0. The molecule has 2 heterocycles. The molecule has 3 aromatic rings. The maximum absolute atomic E-state index is 12.2. The van der Waals surface area contributed by atoms with Crippen LogP contribution >= 0.6 is 15.9 Å². The van der Waals surface area contributed by atoms with E-state index in [1.807, 2.05) is 30.3 Å². The zero-order valence-corrected chi connectivity index (χ0v) is 23.4. The summed E-state index contributed by atoms with van der Waals surface area (Å²) in [6, 6.07) is 12.9. The summed E-state index contributed by atoms with van der Waals surface area (Å²) >= 11 is 3.22. The third-order valence-corrected chi connectivity index (χ3v) is 7.08. The number of ether oxygens (including phenoxy) is 5. The minimum absolute atomic E-state index is 0.107. The van der Waals surface area contributed by atoms with Crippen molar-refractivity contribution in [2.45, 2.75) is 58.0 Å². The van der Waals surface area contributed by atoms with Crippen molar-refractivity contribution in [1.29, 1.82) is 0 Å². The van der Waals surface area contributed by atoms with E-state index in [0.717, 1.165) is 5.56 Å². The van der Waals surface area contributed by atoms with Gasteiger partial charge in [-0.15, -0.1) is 0 Å². The summed E-state index contributed by atoms with van der Waals surface area (Å²) in [6.45, 7) is 4.07. The van der Waals surface area contributed by atoms with E-state index in [1.54, 1.807) is 19.1 Å². The van der Waals surface area contributed by atoms with Crippen molar-refractivity contribution in [2.24, 2.45) is 5.11 Å². The molecule has 1 saturated heterocycles. The Kier molecular flexibility index (Phi) is 9.43. The highest BCUT2D eigenvalue weighted by atomic mass is 79.9. The molecule has 12 nitrogen and oxygen atoms in total. The van der Waals surface area contributed by atoms with Crippen molar-refractivity contribution in [3.8, 4) is 5.75 Å². The number of benzene rings is 2. The van der Waals surface area contributed by atoms with Crippen LogP contribution in [0.1, 0.15) is 25.0 Å². The van der Waals surface area contributed by atoms with Gasteiger partial charge in [-0.25, -0.2) is 4.79 Å². The molecule has 2 aromatic carbocycles. The van der Waals surface area contributed by atoms with Crippen molar-refractivity contribution in [1.82, 2.24) is 0 Å². The summed E-state index contributed by atoms with van der Waals surface area (Å²) in [5.74, 6) is -0.996. The van der Waals surface area contributed by atoms with Crippen LogP contribution in [0.25, 0.3) is 21.4 Å². The van der Waals surface area contributed by atoms with Gasteiger partial charge >= 0.3 is 17.6 Å². The number of carbonyl (C=O) groups excluding carboxylic acids is 2. The van der Waals surface area contributed by atoms with E-state index in [1.165, 1.54) is 19.9 Å². The monoisotopic (exact) mass is 615 g/mol. The van der Waals surface area contributed by atoms with Gasteiger partial charge in [0.15, 0.2) is 0 Å². The number of rotatable bonds is 9. The molecule has 1 fully saturated rings. The Morgan fingerprint density at radius 2 is 1.85 bits per heavy atom. The molecule has 0 spiro atoms. The molecular weight excluding hydrogens is 590 g/mol. The second kappa shape index (κ2) is 13.0. The summed E-state index contributed by atoms with van der Waals surface area (Å²) in [5, 5.41) is 4.49. The first-order valence-electron chi connectivity index (χ1n) is 12.2. The molecule has 210 valence electrons. The van der Waals surface area contributed by atoms with Crippen molar-refractivity contribution in [3.05, 3.63) is 85.0 Å². The van der Waals surface area contributed by atoms with Crippen LogP contribution in [0.3, 0.4) is 0 Å². The average Bonchev–Trinajstić information content (AvgIpc) is 2.92. The molecule has 0 N–H and O–H groups in total. The number of halogens is 1. The quantitative estimate of drug-likeness (QED) is 0.109. The number of nitrogens with zero attached hydrogens (tertiary/aromatic N) is 3. The first kappa shape index (κ1) is 29.1. The van der Waals surface area contributed by atoms with Gasteiger partial charge in [-0.1, -0.05) is 35.4 Å². The van der Waals surface area contributed by atoms with Crippen LogP contribution in [0, 0.1) is 6.92 Å². The summed E-state index contributed by atoms with van der Waals surface area (Å²) in [5.41, 5.74) is 10.6. The number of hydrogen-bond acceptors (Lipinski definition) is 10. The van der Waals surface area contributed by atoms with Crippen LogP contribution in [-0.4, -0.2) is 49.2 Å². The predicted octanol–water partition coefficient (Wildman–Crippen LogP) is 4.73. The van der Waals surface area contributed by atoms with E-state index in [4.69, 9.17) is 28.1 Å². The molecule has 1 aliphatic rings. The first-order chi connectivity index (χ1) is 19.2. The van der Waals surface area contributed by atoms with Crippen molar-refractivity contribution < 1.29 is 37.7 Å². The molecule has 4 rings (SSSR count). The van der Waals surface area contributed by atoms with Crippen LogP contribution < -0.4 is 10.4 Å². The normalized spacial score (nSPS) is 22.2. The largest absolute Gasteiger partial charge is 0.464 e. The van der Waals surface area contributed by atoms with Gasteiger partial charge in [0.25, 0.3) is 0 Å². The molecule has 1 aromatic heterocycles. The van der Waals surface area contributed by atoms with Gasteiger partial charge in [-0.05, 0) is 51.6 Å². The fraction of sp³-hybridized carbons (Fsp3) is 0.370. The van der Waals surface area contributed by atoms with Gasteiger partial charge in [0.1, 0.15) is 46.8 Å². The number of esters is 2. The number of aryl methyl sites for hydroxylation is 1. The fourth-order valence-corrected chi connectivity index (χ4v) is 4.61. The lowest BCUT2D eigenvalue weighted by atomic mass is 9.96. The zero-order valence-electron chi connectivity index (χ0n) is 21.8. The van der Waals surface area contributed by atoms with E-state index < -0.39 is 48.2 Å². The van der Waals surface area contributed by atoms with E-state index in [-0.39, 0.29) is 24.5 Å². The maximum Gasteiger partial charge on any atom is 0.350 e.